The smallest absolute Gasteiger partial charge is 0.481 e. The number of para-hydroxylation sites is 1. The van der Waals surface area contributed by atoms with Crippen LogP contribution in [-0.4, -0.2) is 49.0 Å². The molecule has 3 aromatic heterocycles. The number of pyridine rings is 1. The molecule has 0 aliphatic heterocycles. The van der Waals surface area contributed by atoms with Crippen molar-refractivity contribution in [1.82, 2.24) is 24.9 Å². The van der Waals surface area contributed by atoms with Gasteiger partial charge in [-0.2, -0.15) is 0 Å². The Bertz CT molecular complexity index is 1380. The summed E-state index contributed by atoms with van der Waals surface area (Å²) >= 11 is 0. The van der Waals surface area contributed by atoms with E-state index in [4.69, 9.17) is 4.74 Å². The molecule has 0 bridgehead atoms. The van der Waals surface area contributed by atoms with Gasteiger partial charge in [0, 0.05) is 17.3 Å². The Labute approximate surface area is 202 Å². The minimum atomic E-state index is -4.82. The average molecular weight is 497 g/mol. The lowest BCUT2D eigenvalue weighted by molar-refractivity contribution is -0.274. The van der Waals surface area contributed by atoms with Gasteiger partial charge in [-0.15, -0.1) is 13.2 Å². The molecule has 1 aliphatic carbocycles. The first-order chi connectivity index (χ1) is 17.2. The van der Waals surface area contributed by atoms with Crippen LogP contribution in [0, 0.1) is 5.41 Å². The van der Waals surface area contributed by atoms with E-state index in [1.165, 1.54) is 36.8 Å². The van der Waals surface area contributed by atoms with E-state index in [1.807, 2.05) is 0 Å². The van der Waals surface area contributed by atoms with Crippen LogP contribution in [0.2, 0.25) is 0 Å². The van der Waals surface area contributed by atoms with Gasteiger partial charge in [0.1, 0.15) is 23.5 Å². The molecule has 1 aromatic carbocycles. The van der Waals surface area contributed by atoms with Gasteiger partial charge in [-0.25, -0.2) is 15.0 Å². The summed E-state index contributed by atoms with van der Waals surface area (Å²) in [5, 5.41) is 9.22. The van der Waals surface area contributed by atoms with E-state index >= 15 is 0 Å². The molecule has 1 fully saturated rings. The van der Waals surface area contributed by atoms with E-state index in [2.05, 4.69) is 29.7 Å². The molecule has 0 saturated heterocycles. The Morgan fingerprint density at radius 3 is 2.39 bits per heavy atom. The van der Waals surface area contributed by atoms with Crippen LogP contribution in [0.4, 0.5) is 13.2 Å². The largest absolute Gasteiger partial charge is 0.573 e. The molecule has 1 aliphatic rings. The van der Waals surface area contributed by atoms with E-state index in [0.717, 1.165) is 0 Å². The van der Waals surface area contributed by atoms with E-state index in [0.29, 0.717) is 41.3 Å². The van der Waals surface area contributed by atoms with Crippen molar-refractivity contribution in [1.29, 1.82) is 0 Å². The highest BCUT2D eigenvalue weighted by molar-refractivity contribution is 5.78. The third-order valence-electron chi connectivity index (χ3n) is 5.71. The van der Waals surface area contributed by atoms with Crippen LogP contribution in [0.15, 0.2) is 61.2 Å². The van der Waals surface area contributed by atoms with Crippen molar-refractivity contribution in [3.05, 3.63) is 61.2 Å². The number of carboxylic acids is 1. The molecule has 0 spiro atoms. The van der Waals surface area contributed by atoms with Crippen molar-refractivity contribution in [2.45, 2.75) is 19.2 Å². The normalized spacial score (nSPS) is 14.3. The number of alkyl halides is 3. The van der Waals surface area contributed by atoms with E-state index < -0.39 is 17.7 Å². The molecule has 4 aromatic rings. The van der Waals surface area contributed by atoms with Crippen molar-refractivity contribution >= 4 is 5.97 Å². The van der Waals surface area contributed by atoms with E-state index in [9.17, 15) is 23.1 Å². The van der Waals surface area contributed by atoms with Gasteiger partial charge in [-0.1, -0.05) is 12.1 Å². The number of hydrogen-bond donors (Lipinski definition) is 2. The maximum Gasteiger partial charge on any atom is 0.573 e. The number of aromatic nitrogens is 5. The lowest BCUT2D eigenvalue weighted by atomic mass is 10.1. The van der Waals surface area contributed by atoms with Crippen LogP contribution >= 0.6 is 0 Å². The Morgan fingerprint density at radius 1 is 0.972 bits per heavy atom. The standard InChI is InChI=1S/C24H18F3N5O4/c25-24(26,27)36-19-4-2-1-3-15(19)18-11-31-21(32-18)16-6-5-14(9-28-16)17-10-30-20(12-29-17)35-13-23(7-8-23)22(33)34/h1-6,9-12H,7-8,13H2,(H,31,32)(H,33,34). The quantitative estimate of drug-likeness (QED) is 0.358. The highest BCUT2D eigenvalue weighted by Gasteiger charge is 2.51. The summed E-state index contributed by atoms with van der Waals surface area (Å²) in [6.45, 7) is 0.0462. The minimum absolute atomic E-state index is 0.0462. The maximum atomic E-state index is 12.7. The van der Waals surface area contributed by atoms with E-state index in [-0.39, 0.29) is 23.8 Å². The summed E-state index contributed by atoms with van der Waals surface area (Å²) in [5.41, 5.74) is 1.39. The maximum absolute atomic E-state index is 12.7. The fourth-order valence-electron chi connectivity index (χ4n) is 3.50. The monoisotopic (exact) mass is 497 g/mol. The third-order valence-corrected chi connectivity index (χ3v) is 5.71. The predicted octanol–water partition coefficient (Wildman–Crippen LogP) is 4.74. The molecule has 184 valence electrons. The third kappa shape index (κ3) is 4.97. The summed E-state index contributed by atoms with van der Waals surface area (Å²) in [4.78, 5) is 31.3. The van der Waals surface area contributed by atoms with Crippen LogP contribution in [0.3, 0.4) is 0 Å². The number of halogens is 3. The van der Waals surface area contributed by atoms with Crippen molar-refractivity contribution < 1.29 is 32.5 Å². The van der Waals surface area contributed by atoms with Crippen LogP contribution in [0.25, 0.3) is 34.0 Å². The van der Waals surface area contributed by atoms with Crippen molar-refractivity contribution in [3.63, 3.8) is 0 Å². The number of nitrogens with one attached hydrogen (secondary N) is 1. The number of nitrogens with zero attached hydrogens (tertiary/aromatic N) is 4. The Kier molecular flexibility index (Phi) is 5.78. The topological polar surface area (TPSA) is 123 Å². The molecule has 9 nitrogen and oxygen atoms in total. The summed E-state index contributed by atoms with van der Waals surface area (Å²) in [7, 11) is 0. The summed E-state index contributed by atoms with van der Waals surface area (Å²) in [5.74, 6) is -0.625. The molecule has 0 radical (unpaired) electrons. The second-order valence-corrected chi connectivity index (χ2v) is 8.24. The number of benzene rings is 1. The number of aliphatic carboxylic acids is 1. The fourth-order valence-corrected chi connectivity index (χ4v) is 3.50. The molecule has 5 rings (SSSR count). The molecule has 2 N–H and O–H groups in total. The summed E-state index contributed by atoms with van der Waals surface area (Å²) < 4.78 is 47.8. The number of hydrogen-bond acceptors (Lipinski definition) is 7. The van der Waals surface area contributed by atoms with Gasteiger partial charge in [0.15, 0.2) is 5.82 Å². The number of carboxylic acid groups (broad SMARTS) is 1. The zero-order chi connectivity index (χ0) is 25.3. The highest BCUT2D eigenvalue weighted by atomic mass is 19.4. The Morgan fingerprint density at radius 2 is 1.75 bits per heavy atom. The lowest BCUT2D eigenvalue weighted by Gasteiger charge is -2.12. The number of carbonyl (C=O) groups is 1. The molecule has 0 amide bonds. The van der Waals surface area contributed by atoms with Gasteiger partial charge in [-0.3, -0.25) is 9.78 Å². The van der Waals surface area contributed by atoms with Gasteiger partial charge in [-0.05, 0) is 37.1 Å². The van der Waals surface area contributed by atoms with Crippen LogP contribution in [0.5, 0.6) is 11.6 Å². The van der Waals surface area contributed by atoms with E-state index in [1.54, 1.807) is 24.4 Å². The molecular weight excluding hydrogens is 479 g/mol. The first kappa shape index (κ1) is 23.3. The number of H-pyrrole nitrogens is 1. The summed E-state index contributed by atoms with van der Waals surface area (Å²) in [6.07, 6.45) is 2.22. The number of imidazole rings is 1. The Balaban J connectivity index is 1.28. The highest BCUT2D eigenvalue weighted by Crippen LogP contribution is 2.46. The van der Waals surface area contributed by atoms with Crippen LogP contribution in [-0.2, 0) is 4.79 Å². The van der Waals surface area contributed by atoms with Crippen LogP contribution < -0.4 is 9.47 Å². The number of ether oxygens (including phenoxy) is 2. The zero-order valence-electron chi connectivity index (χ0n) is 18.5. The van der Waals surface area contributed by atoms with Gasteiger partial charge >= 0.3 is 12.3 Å². The van der Waals surface area contributed by atoms with Crippen molar-refractivity contribution in [2.24, 2.45) is 5.41 Å². The molecule has 3 heterocycles. The molecule has 1 saturated carbocycles. The number of aromatic amines is 1. The minimum Gasteiger partial charge on any atom is -0.481 e. The Hall–Kier alpha value is -4.48. The lowest BCUT2D eigenvalue weighted by Crippen LogP contribution is -2.23. The van der Waals surface area contributed by atoms with Gasteiger partial charge in [0.25, 0.3) is 0 Å². The zero-order valence-corrected chi connectivity index (χ0v) is 18.5. The fraction of sp³-hybridized carbons (Fsp3) is 0.208. The molecular formula is C24H18F3N5O4. The van der Waals surface area contributed by atoms with Crippen LogP contribution in [0.1, 0.15) is 12.8 Å². The second-order valence-electron chi connectivity index (χ2n) is 8.24. The first-order valence-corrected chi connectivity index (χ1v) is 10.8. The van der Waals surface area contributed by atoms with Gasteiger partial charge < -0.3 is 19.6 Å². The molecule has 0 unspecified atom stereocenters. The molecule has 36 heavy (non-hydrogen) atoms. The number of rotatable bonds is 8. The first-order valence-electron chi connectivity index (χ1n) is 10.8. The SMILES string of the molecule is O=C(O)C1(COc2cnc(-c3ccc(-c4ncc(-c5ccccc5OC(F)(F)F)[nH]4)nc3)cn2)CC1. The molecule has 0 atom stereocenters. The van der Waals surface area contributed by atoms with Gasteiger partial charge in [0.05, 0.1) is 30.0 Å². The summed E-state index contributed by atoms with van der Waals surface area (Å²) in [6, 6.07) is 9.20. The van der Waals surface area contributed by atoms with Crippen molar-refractivity contribution in [3.8, 4) is 45.7 Å². The average Bonchev–Trinajstić information content (AvgIpc) is 3.51. The van der Waals surface area contributed by atoms with Gasteiger partial charge in [0.2, 0.25) is 5.88 Å². The predicted molar refractivity (Wildman–Crippen MR) is 120 cm³/mol. The molecule has 12 heteroatoms. The second kappa shape index (κ2) is 8.95. The van der Waals surface area contributed by atoms with Crippen molar-refractivity contribution in [2.75, 3.05) is 6.61 Å².